The molecule has 144 valence electrons. The Kier molecular flexibility index (Phi) is 4.77. The molecule has 0 unspecified atom stereocenters. The summed E-state index contributed by atoms with van der Waals surface area (Å²) in [6, 6.07) is 7.83. The van der Waals surface area contributed by atoms with Gasteiger partial charge in [-0.05, 0) is 29.8 Å². The van der Waals surface area contributed by atoms with E-state index in [1.807, 2.05) is 0 Å². The first-order chi connectivity index (χ1) is 13.5. The molecule has 0 bridgehead atoms. The Morgan fingerprint density at radius 3 is 2.68 bits per heavy atom. The predicted molar refractivity (Wildman–Crippen MR) is 97.7 cm³/mol. The average Bonchev–Trinajstić information content (AvgIpc) is 2.73. The van der Waals surface area contributed by atoms with Gasteiger partial charge < -0.3 is 15.1 Å². The Hall–Kier alpha value is -3.29. The van der Waals surface area contributed by atoms with E-state index >= 15 is 0 Å². The zero-order chi connectivity index (χ0) is 19.7. The number of nitrogens with zero attached hydrogens (tertiary/aromatic N) is 3. The minimum atomic E-state index is -0.702. The molecular formula is C20H19FN4O3. The van der Waals surface area contributed by atoms with Crippen LogP contribution in [0.2, 0.25) is 0 Å². The smallest absolute Gasteiger partial charge is 0.255 e. The normalized spacial score (nSPS) is 21.9. The summed E-state index contributed by atoms with van der Waals surface area (Å²) < 4.78 is 13.1. The van der Waals surface area contributed by atoms with Crippen LogP contribution < -0.4 is 5.32 Å². The molecule has 2 atom stereocenters. The zero-order valence-corrected chi connectivity index (χ0v) is 15.0. The van der Waals surface area contributed by atoms with Crippen molar-refractivity contribution in [3.63, 3.8) is 0 Å². The Balaban J connectivity index is 1.45. The number of pyridine rings is 1. The highest BCUT2D eigenvalue weighted by Crippen LogP contribution is 2.20. The molecule has 1 N–H and O–H groups in total. The molecule has 2 aliphatic rings. The fourth-order valence-electron chi connectivity index (χ4n) is 3.65. The number of carbonyl (C=O) groups excluding carboxylic acids is 3. The monoisotopic (exact) mass is 382 g/mol. The van der Waals surface area contributed by atoms with E-state index in [2.05, 4.69) is 10.3 Å². The third-order valence-corrected chi connectivity index (χ3v) is 5.13. The summed E-state index contributed by atoms with van der Waals surface area (Å²) in [6.45, 7) is 0.796. The number of hydrogen-bond acceptors (Lipinski definition) is 4. The summed E-state index contributed by atoms with van der Waals surface area (Å²) in [6.07, 6.45) is 3.37. The molecule has 2 fully saturated rings. The van der Waals surface area contributed by atoms with Crippen LogP contribution in [0.4, 0.5) is 4.39 Å². The van der Waals surface area contributed by atoms with E-state index in [9.17, 15) is 18.8 Å². The van der Waals surface area contributed by atoms with Crippen LogP contribution in [0.5, 0.6) is 0 Å². The lowest BCUT2D eigenvalue weighted by Gasteiger charge is -2.45. The molecule has 28 heavy (non-hydrogen) atoms. The third kappa shape index (κ3) is 3.45. The molecule has 7 nitrogen and oxygen atoms in total. The molecule has 2 aromatic rings. The minimum Gasteiger partial charge on any atom is -0.342 e. The van der Waals surface area contributed by atoms with Crippen molar-refractivity contribution in [3.05, 3.63) is 65.7 Å². The highest BCUT2D eigenvalue weighted by molar-refractivity contribution is 5.99. The molecule has 2 saturated heterocycles. The number of benzene rings is 1. The van der Waals surface area contributed by atoms with Gasteiger partial charge in [-0.25, -0.2) is 4.39 Å². The van der Waals surface area contributed by atoms with Gasteiger partial charge in [0, 0.05) is 31.9 Å². The van der Waals surface area contributed by atoms with E-state index in [0.29, 0.717) is 25.1 Å². The minimum absolute atomic E-state index is 0.147. The van der Waals surface area contributed by atoms with Gasteiger partial charge in [0.05, 0.1) is 12.1 Å². The Bertz CT molecular complexity index is 903. The number of carbonyl (C=O) groups is 3. The van der Waals surface area contributed by atoms with Gasteiger partial charge in [0.25, 0.3) is 5.91 Å². The average molecular weight is 382 g/mol. The summed E-state index contributed by atoms with van der Waals surface area (Å²) in [5.74, 6) is -1.02. The van der Waals surface area contributed by atoms with E-state index < -0.39 is 12.1 Å². The number of amides is 3. The molecule has 3 heterocycles. The van der Waals surface area contributed by atoms with Crippen molar-refractivity contribution in [2.75, 3.05) is 19.6 Å². The number of rotatable bonds is 3. The van der Waals surface area contributed by atoms with Crippen LogP contribution >= 0.6 is 0 Å². The summed E-state index contributed by atoms with van der Waals surface area (Å²) in [5.41, 5.74) is 1.22. The fraction of sp³-hybridized carbons (Fsp3) is 0.300. The van der Waals surface area contributed by atoms with Crippen LogP contribution in [0.15, 0.2) is 48.8 Å². The molecule has 1 aromatic carbocycles. The van der Waals surface area contributed by atoms with Gasteiger partial charge >= 0.3 is 0 Å². The number of nitrogens with one attached hydrogen (secondary N) is 1. The summed E-state index contributed by atoms with van der Waals surface area (Å²) in [4.78, 5) is 45.1. The molecule has 1 aromatic heterocycles. The largest absolute Gasteiger partial charge is 0.342 e. The number of fused-ring (bicyclic) bond motifs is 1. The maximum atomic E-state index is 13.1. The van der Waals surface area contributed by atoms with Crippen LogP contribution in [0.25, 0.3) is 0 Å². The summed E-state index contributed by atoms with van der Waals surface area (Å²) in [5, 5.41) is 2.75. The molecule has 0 radical (unpaired) electrons. The van der Waals surface area contributed by atoms with Crippen molar-refractivity contribution in [2.24, 2.45) is 0 Å². The van der Waals surface area contributed by atoms with Gasteiger partial charge in [-0.2, -0.15) is 0 Å². The lowest BCUT2D eigenvalue weighted by molar-refractivity contribution is -0.152. The van der Waals surface area contributed by atoms with Crippen molar-refractivity contribution in [2.45, 2.75) is 18.5 Å². The van der Waals surface area contributed by atoms with Crippen molar-refractivity contribution in [1.82, 2.24) is 20.1 Å². The van der Waals surface area contributed by atoms with E-state index in [1.54, 1.807) is 40.3 Å². The van der Waals surface area contributed by atoms with Gasteiger partial charge in [0.2, 0.25) is 11.8 Å². The molecule has 3 amide bonds. The van der Waals surface area contributed by atoms with Crippen LogP contribution in [-0.4, -0.2) is 64.2 Å². The van der Waals surface area contributed by atoms with Crippen LogP contribution in [-0.2, 0) is 16.0 Å². The first-order valence-corrected chi connectivity index (χ1v) is 9.07. The highest BCUT2D eigenvalue weighted by atomic mass is 19.1. The van der Waals surface area contributed by atoms with Gasteiger partial charge in [-0.15, -0.1) is 0 Å². The van der Waals surface area contributed by atoms with Gasteiger partial charge in [0.1, 0.15) is 17.9 Å². The number of halogens is 1. The van der Waals surface area contributed by atoms with Crippen molar-refractivity contribution in [1.29, 1.82) is 0 Å². The maximum absolute atomic E-state index is 13.1. The second-order valence-corrected chi connectivity index (χ2v) is 6.93. The van der Waals surface area contributed by atoms with Crippen molar-refractivity contribution in [3.8, 4) is 0 Å². The summed E-state index contributed by atoms with van der Waals surface area (Å²) in [7, 11) is 0. The van der Waals surface area contributed by atoms with Crippen LogP contribution in [0.1, 0.15) is 15.9 Å². The zero-order valence-electron chi connectivity index (χ0n) is 15.0. The van der Waals surface area contributed by atoms with Gasteiger partial charge in [0.15, 0.2) is 0 Å². The fourth-order valence-corrected chi connectivity index (χ4v) is 3.65. The predicted octanol–water partition coefficient (Wildman–Crippen LogP) is 0.615. The Labute approximate surface area is 161 Å². The standard InChI is InChI=1S/C20H19FN4O3/c21-15-5-3-13(4-6-15)10-16-20(28)25-9-8-24(12-17(25)18(26)23-16)19(27)14-2-1-7-22-11-14/h1-7,11,16-17H,8-10,12H2,(H,23,26)/t16-,17-/m0/s1. The number of hydrogen-bond donors (Lipinski definition) is 1. The summed E-state index contributed by atoms with van der Waals surface area (Å²) >= 11 is 0. The second kappa shape index (κ2) is 7.38. The molecular weight excluding hydrogens is 363 g/mol. The first kappa shape index (κ1) is 18.1. The third-order valence-electron chi connectivity index (χ3n) is 5.13. The van der Waals surface area contributed by atoms with Crippen LogP contribution in [0, 0.1) is 5.82 Å². The SMILES string of the molecule is O=C1N[C@@H](Cc2ccc(F)cc2)C(=O)N2CCN(C(=O)c3cccnc3)C[C@@H]12. The van der Waals surface area contributed by atoms with E-state index in [-0.39, 0.29) is 30.1 Å². The molecule has 2 aliphatic heterocycles. The second-order valence-electron chi connectivity index (χ2n) is 6.93. The van der Waals surface area contributed by atoms with Crippen molar-refractivity contribution >= 4 is 17.7 Å². The van der Waals surface area contributed by atoms with E-state index in [1.165, 1.54) is 18.3 Å². The molecule has 0 spiro atoms. The Morgan fingerprint density at radius 1 is 1.18 bits per heavy atom. The first-order valence-electron chi connectivity index (χ1n) is 9.07. The number of piperazine rings is 2. The number of aromatic nitrogens is 1. The van der Waals surface area contributed by atoms with Crippen LogP contribution in [0.3, 0.4) is 0 Å². The topological polar surface area (TPSA) is 82.6 Å². The van der Waals surface area contributed by atoms with Crippen molar-refractivity contribution < 1.29 is 18.8 Å². The molecule has 8 heteroatoms. The lowest BCUT2D eigenvalue weighted by Crippen LogP contribution is -2.70. The van der Waals surface area contributed by atoms with Gasteiger partial charge in [-0.3, -0.25) is 19.4 Å². The Morgan fingerprint density at radius 2 is 1.96 bits per heavy atom. The lowest BCUT2D eigenvalue weighted by atomic mass is 9.98. The molecule has 4 rings (SSSR count). The van der Waals surface area contributed by atoms with E-state index in [0.717, 1.165) is 5.56 Å². The van der Waals surface area contributed by atoms with E-state index in [4.69, 9.17) is 0 Å². The highest BCUT2D eigenvalue weighted by Gasteiger charge is 2.44. The maximum Gasteiger partial charge on any atom is 0.255 e. The quantitative estimate of drug-likeness (QED) is 0.844. The van der Waals surface area contributed by atoms with Gasteiger partial charge in [-0.1, -0.05) is 12.1 Å². The molecule has 0 saturated carbocycles. The molecule has 0 aliphatic carbocycles.